The highest BCUT2D eigenvalue weighted by atomic mass is 16.3. The van der Waals surface area contributed by atoms with Crippen LogP contribution < -0.4 is 0 Å². The van der Waals surface area contributed by atoms with Crippen molar-refractivity contribution in [2.45, 2.75) is 26.4 Å². The number of amides is 1. The van der Waals surface area contributed by atoms with Crippen LogP contribution in [0.25, 0.3) is 22.3 Å². The molecule has 2 aromatic heterocycles. The lowest BCUT2D eigenvalue weighted by atomic mass is 10.1. The highest BCUT2D eigenvalue weighted by molar-refractivity contribution is 5.96. The summed E-state index contributed by atoms with van der Waals surface area (Å²) in [6.07, 6.45) is 1.66. The summed E-state index contributed by atoms with van der Waals surface area (Å²) in [6.45, 7) is 4.52. The van der Waals surface area contributed by atoms with Gasteiger partial charge in [-0.2, -0.15) is 0 Å². The molecule has 2 aromatic carbocycles. The van der Waals surface area contributed by atoms with Crippen LogP contribution in [0.5, 0.6) is 0 Å². The average molecular weight is 359 g/mol. The van der Waals surface area contributed by atoms with Gasteiger partial charge in [-0.05, 0) is 49.7 Å². The number of rotatable bonds is 5. The zero-order valence-electron chi connectivity index (χ0n) is 15.4. The summed E-state index contributed by atoms with van der Waals surface area (Å²) in [4.78, 5) is 14.9. The molecule has 0 spiro atoms. The van der Waals surface area contributed by atoms with Gasteiger partial charge >= 0.3 is 0 Å². The van der Waals surface area contributed by atoms with Gasteiger partial charge in [0, 0.05) is 23.5 Å². The zero-order valence-corrected chi connectivity index (χ0v) is 15.4. The van der Waals surface area contributed by atoms with E-state index >= 15 is 0 Å². The predicted octanol–water partition coefficient (Wildman–Crippen LogP) is 5.74. The van der Waals surface area contributed by atoms with Crippen LogP contribution in [0.15, 0.2) is 81.8 Å². The lowest BCUT2D eigenvalue weighted by Gasteiger charge is -2.26. The van der Waals surface area contributed by atoms with Gasteiger partial charge in [0.1, 0.15) is 11.3 Å². The smallest absolute Gasteiger partial charge is 0.290 e. The van der Waals surface area contributed by atoms with Crippen LogP contribution >= 0.6 is 0 Å². The van der Waals surface area contributed by atoms with E-state index in [1.165, 1.54) is 0 Å². The zero-order chi connectivity index (χ0) is 18.8. The number of nitrogens with zero attached hydrogens (tertiary/aromatic N) is 1. The number of furan rings is 2. The topological polar surface area (TPSA) is 46.6 Å². The first-order chi connectivity index (χ1) is 13.1. The Kier molecular flexibility index (Phi) is 4.55. The van der Waals surface area contributed by atoms with Crippen LogP contribution in [-0.2, 0) is 6.54 Å². The van der Waals surface area contributed by atoms with Crippen molar-refractivity contribution < 1.29 is 13.6 Å². The summed E-state index contributed by atoms with van der Waals surface area (Å²) in [7, 11) is 0. The molecule has 0 radical (unpaired) electrons. The van der Waals surface area contributed by atoms with Gasteiger partial charge in [0.05, 0.1) is 6.26 Å². The number of carbonyl (C=O) groups is 1. The number of hydrogen-bond donors (Lipinski definition) is 0. The molecule has 0 N–H and O–H groups in total. The Morgan fingerprint density at radius 3 is 2.59 bits per heavy atom. The van der Waals surface area contributed by atoms with Crippen molar-refractivity contribution in [2.24, 2.45) is 0 Å². The summed E-state index contributed by atoms with van der Waals surface area (Å²) in [5.41, 5.74) is 2.77. The lowest BCUT2D eigenvalue weighted by molar-refractivity contribution is 0.0660. The maximum atomic E-state index is 13.1. The van der Waals surface area contributed by atoms with Gasteiger partial charge in [0.25, 0.3) is 5.91 Å². The van der Waals surface area contributed by atoms with E-state index in [1.807, 2.05) is 79.4 Å². The molecule has 136 valence electrons. The van der Waals surface area contributed by atoms with Gasteiger partial charge in [-0.1, -0.05) is 36.4 Å². The molecule has 0 saturated carbocycles. The quantitative estimate of drug-likeness (QED) is 0.456. The second kappa shape index (κ2) is 7.16. The van der Waals surface area contributed by atoms with Crippen molar-refractivity contribution in [3.63, 3.8) is 0 Å². The fraction of sp³-hybridized carbons (Fsp3) is 0.174. The van der Waals surface area contributed by atoms with Crippen LogP contribution in [-0.4, -0.2) is 16.8 Å². The Labute approximate surface area is 158 Å². The third kappa shape index (κ3) is 3.51. The number of benzene rings is 2. The maximum absolute atomic E-state index is 13.1. The second-order valence-corrected chi connectivity index (χ2v) is 6.85. The van der Waals surface area contributed by atoms with Crippen LogP contribution in [0.4, 0.5) is 0 Å². The molecule has 4 aromatic rings. The molecular formula is C23H21NO3. The summed E-state index contributed by atoms with van der Waals surface area (Å²) in [5, 5.41) is 0.935. The Bertz CT molecular complexity index is 1030. The number of fused-ring (bicyclic) bond motifs is 1. The Morgan fingerprint density at radius 2 is 1.85 bits per heavy atom. The lowest BCUT2D eigenvalue weighted by Crippen LogP contribution is -2.36. The first-order valence-corrected chi connectivity index (χ1v) is 9.04. The minimum atomic E-state index is -0.107. The van der Waals surface area contributed by atoms with E-state index in [0.29, 0.717) is 12.3 Å². The molecule has 0 fully saturated rings. The first-order valence-electron chi connectivity index (χ1n) is 9.04. The number of carbonyl (C=O) groups excluding carboxylic acids is 1. The number of para-hydroxylation sites is 1. The fourth-order valence-corrected chi connectivity index (χ4v) is 3.18. The summed E-state index contributed by atoms with van der Waals surface area (Å²) in [6, 6.07) is 21.4. The summed E-state index contributed by atoms with van der Waals surface area (Å²) in [5.74, 6) is 1.08. The molecule has 0 saturated heterocycles. The molecule has 0 atom stereocenters. The first kappa shape index (κ1) is 17.2. The van der Waals surface area contributed by atoms with E-state index in [2.05, 4.69) is 6.07 Å². The minimum absolute atomic E-state index is 0.0398. The van der Waals surface area contributed by atoms with Crippen molar-refractivity contribution in [3.05, 3.63) is 84.3 Å². The Morgan fingerprint density at radius 1 is 1.00 bits per heavy atom. The van der Waals surface area contributed by atoms with E-state index in [4.69, 9.17) is 8.83 Å². The van der Waals surface area contributed by atoms with Gasteiger partial charge in [-0.15, -0.1) is 0 Å². The average Bonchev–Trinajstić information content (AvgIpc) is 3.35. The molecule has 0 aliphatic carbocycles. The Balaban J connectivity index is 1.61. The van der Waals surface area contributed by atoms with Gasteiger partial charge < -0.3 is 13.7 Å². The van der Waals surface area contributed by atoms with Crippen LogP contribution in [0.3, 0.4) is 0 Å². The maximum Gasteiger partial charge on any atom is 0.290 e. The monoisotopic (exact) mass is 359 g/mol. The van der Waals surface area contributed by atoms with Crippen LogP contribution in [0.1, 0.15) is 30.0 Å². The van der Waals surface area contributed by atoms with E-state index in [-0.39, 0.29) is 11.9 Å². The fourth-order valence-electron chi connectivity index (χ4n) is 3.18. The molecule has 0 aliphatic heterocycles. The summed E-state index contributed by atoms with van der Waals surface area (Å²) >= 11 is 0. The van der Waals surface area contributed by atoms with Crippen molar-refractivity contribution in [2.75, 3.05) is 0 Å². The molecule has 2 heterocycles. The highest BCUT2D eigenvalue weighted by Gasteiger charge is 2.22. The van der Waals surface area contributed by atoms with E-state index < -0.39 is 0 Å². The van der Waals surface area contributed by atoms with Gasteiger partial charge in [-0.25, -0.2) is 0 Å². The van der Waals surface area contributed by atoms with E-state index in [9.17, 15) is 4.79 Å². The van der Waals surface area contributed by atoms with Gasteiger partial charge in [0.2, 0.25) is 0 Å². The molecule has 4 rings (SSSR count). The SMILES string of the molecule is CC(C)N(Cc1cccc(-c2ccco2)c1)C(=O)c1cc2ccccc2o1. The van der Waals surface area contributed by atoms with Crippen molar-refractivity contribution in [1.29, 1.82) is 0 Å². The molecule has 27 heavy (non-hydrogen) atoms. The van der Waals surface area contributed by atoms with Gasteiger partial charge in [0.15, 0.2) is 5.76 Å². The third-order valence-corrected chi connectivity index (χ3v) is 4.61. The Hall–Kier alpha value is -3.27. The van der Waals surface area contributed by atoms with Crippen LogP contribution in [0.2, 0.25) is 0 Å². The minimum Gasteiger partial charge on any atom is -0.464 e. The highest BCUT2D eigenvalue weighted by Crippen LogP contribution is 2.24. The second-order valence-electron chi connectivity index (χ2n) is 6.85. The third-order valence-electron chi connectivity index (χ3n) is 4.61. The molecule has 0 bridgehead atoms. The molecule has 4 heteroatoms. The van der Waals surface area contributed by atoms with Crippen LogP contribution in [0, 0.1) is 0 Å². The molecule has 0 unspecified atom stereocenters. The molecule has 1 amide bonds. The molecule has 4 nitrogen and oxygen atoms in total. The number of hydrogen-bond acceptors (Lipinski definition) is 3. The van der Waals surface area contributed by atoms with Gasteiger partial charge in [-0.3, -0.25) is 4.79 Å². The predicted molar refractivity (Wildman–Crippen MR) is 105 cm³/mol. The van der Waals surface area contributed by atoms with E-state index in [1.54, 1.807) is 6.26 Å². The van der Waals surface area contributed by atoms with Crippen molar-refractivity contribution in [1.82, 2.24) is 4.90 Å². The standard InChI is InChI=1S/C23H21NO3/c1-16(2)24(23(25)22-14-19-8-3-4-10-21(19)27-22)15-17-7-5-9-18(13-17)20-11-6-12-26-20/h3-14,16H,15H2,1-2H3. The van der Waals surface area contributed by atoms with Crippen molar-refractivity contribution in [3.8, 4) is 11.3 Å². The molecule has 0 aliphatic rings. The normalized spacial score (nSPS) is 11.2. The molecular weight excluding hydrogens is 338 g/mol. The van der Waals surface area contributed by atoms with Crippen molar-refractivity contribution >= 4 is 16.9 Å². The largest absolute Gasteiger partial charge is 0.464 e. The summed E-state index contributed by atoms with van der Waals surface area (Å²) < 4.78 is 11.3. The van der Waals surface area contributed by atoms with E-state index in [0.717, 1.165) is 27.9 Å².